The van der Waals surface area contributed by atoms with Crippen molar-refractivity contribution in [1.82, 2.24) is 10.6 Å². The molecule has 0 aliphatic carbocycles. The molecule has 1 unspecified atom stereocenters. The number of hydrogen-bond donors (Lipinski definition) is 2. The minimum atomic E-state index is 0.0692. The van der Waals surface area contributed by atoms with Crippen LogP contribution in [0.3, 0.4) is 0 Å². The van der Waals surface area contributed by atoms with Crippen LogP contribution >= 0.6 is 21.6 Å². The molecule has 0 aliphatic heterocycles. The number of amides is 2. The molecular weight excluding hydrogens is 268 g/mol. The van der Waals surface area contributed by atoms with Crippen molar-refractivity contribution in [3.05, 3.63) is 0 Å². The van der Waals surface area contributed by atoms with Crippen LogP contribution in [0.5, 0.6) is 0 Å². The second kappa shape index (κ2) is 10.6. The standard InChI is InChI=1S/C12H24N2O2S2/c1-5-13-12(16)8-17-18-10(4)6-7-11(15)14-9(2)3/h9-10H,5-8H2,1-4H3,(H,13,16)(H,14,15). The topological polar surface area (TPSA) is 58.2 Å². The molecule has 2 amide bonds. The van der Waals surface area contributed by atoms with Gasteiger partial charge >= 0.3 is 0 Å². The summed E-state index contributed by atoms with van der Waals surface area (Å²) in [5.41, 5.74) is 0. The van der Waals surface area contributed by atoms with E-state index < -0.39 is 0 Å². The van der Waals surface area contributed by atoms with E-state index >= 15 is 0 Å². The van der Waals surface area contributed by atoms with Gasteiger partial charge in [-0.05, 0) is 27.2 Å². The second-order valence-electron chi connectivity index (χ2n) is 4.38. The lowest BCUT2D eigenvalue weighted by atomic mass is 10.2. The average Bonchev–Trinajstić information content (AvgIpc) is 2.26. The minimum absolute atomic E-state index is 0.0692. The highest BCUT2D eigenvalue weighted by Crippen LogP contribution is 2.28. The first-order chi connectivity index (χ1) is 8.45. The van der Waals surface area contributed by atoms with Crippen molar-refractivity contribution >= 4 is 33.4 Å². The van der Waals surface area contributed by atoms with Crippen molar-refractivity contribution in [3.63, 3.8) is 0 Å². The summed E-state index contributed by atoms with van der Waals surface area (Å²) in [4.78, 5) is 22.6. The maximum absolute atomic E-state index is 11.4. The molecule has 0 saturated carbocycles. The number of hydrogen-bond acceptors (Lipinski definition) is 4. The predicted molar refractivity (Wildman–Crippen MR) is 80.7 cm³/mol. The van der Waals surface area contributed by atoms with Crippen LogP contribution in [-0.4, -0.2) is 35.4 Å². The fraction of sp³-hybridized carbons (Fsp3) is 0.833. The third-order valence-corrected chi connectivity index (χ3v) is 4.85. The van der Waals surface area contributed by atoms with Crippen LogP contribution in [0.2, 0.25) is 0 Å². The molecule has 18 heavy (non-hydrogen) atoms. The quantitative estimate of drug-likeness (QED) is 0.640. The van der Waals surface area contributed by atoms with Crippen LogP contribution in [-0.2, 0) is 9.59 Å². The zero-order chi connectivity index (χ0) is 14.0. The van der Waals surface area contributed by atoms with Crippen LogP contribution in [0.15, 0.2) is 0 Å². The number of rotatable bonds is 9. The maximum Gasteiger partial charge on any atom is 0.230 e. The molecule has 0 spiro atoms. The minimum Gasteiger partial charge on any atom is -0.356 e. The molecule has 0 rings (SSSR count). The largest absolute Gasteiger partial charge is 0.356 e. The Hall–Kier alpha value is -0.360. The van der Waals surface area contributed by atoms with E-state index in [1.54, 1.807) is 21.6 Å². The Morgan fingerprint density at radius 1 is 1.17 bits per heavy atom. The normalized spacial score (nSPS) is 12.3. The number of nitrogens with one attached hydrogen (secondary N) is 2. The zero-order valence-electron chi connectivity index (χ0n) is 11.6. The third-order valence-electron chi connectivity index (χ3n) is 2.02. The molecule has 106 valence electrons. The summed E-state index contributed by atoms with van der Waals surface area (Å²) in [7, 11) is 3.22. The first-order valence-corrected chi connectivity index (χ1v) is 8.68. The second-order valence-corrected chi connectivity index (χ2v) is 7.19. The van der Waals surface area contributed by atoms with E-state index in [0.29, 0.717) is 24.0 Å². The Morgan fingerprint density at radius 3 is 2.39 bits per heavy atom. The Labute approximate surface area is 118 Å². The van der Waals surface area contributed by atoms with E-state index in [1.807, 2.05) is 20.8 Å². The van der Waals surface area contributed by atoms with Gasteiger partial charge in [-0.3, -0.25) is 9.59 Å². The van der Waals surface area contributed by atoms with Gasteiger partial charge in [0.05, 0.1) is 5.75 Å². The van der Waals surface area contributed by atoms with Crippen molar-refractivity contribution in [3.8, 4) is 0 Å². The van der Waals surface area contributed by atoms with E-state index in [9.17, 15) is 9.59 Å². The molecule has 0 aromatic carbocycles. The molecule has 0 bridgehead atoms. The molecule has 6 heteroatoms. The highest BCUT2D eigenvalue weighted by atomic mass is 33.1. The van der Waals surface area contributed by atoms with E-state index in [-0.39, 0.29) is 17.9 Å². The SMILES string of the molecule is CCNC(=O)CSSC(C)CCC(=O)NC(C)C. The monoisotopic (exact) mass is 292 g/mol. The van der Waals surface area contributed by atoms with Crippen LogP contribution in [0.4, 0.5) is 0 Å². The number of carbonyl (C=O) groups excluding carboxylic acids is 2. The molecule has 0 heterocycles. The Kier molecular flexibility index (Phi) is 10.3. The molecule has 0 aromatic rings. The zero-order valence-corrected chi connectivity index (χ0v) is 13.2. The van der Waals surface area contributed by atoms with Gasteiger partial charge in [0.2, 0.25) is 11.8 Å². The van der Waals surface area contributed by atoms with Gasteiger partial charge in [0, 0.05) is 24.3 Å². The molecule has 0 aliphatic rings. The van der Waals surface area contributed by atoms with Gasteiger partial charge in [0.25, 0.3) is 0 Å². The van der Waals surface area contributed by atoms with Gasteiger partial charge in [-0.15, -0.1) is 0 Å². The molecule has 0 fully saturated rings. The van der Waals surface area contributed by atoms with Crippen molar-refractivity contribution in [2.75, 3.05) is 12.3 Å². The highest BCUT2D eigenvalue weighted by Gasteiger charge is 2.09. The van der Waals surface area contributed by atoms with Crippen molar-refractivity contribution < 1.29 is 9.59 Å². The Bertz CT molecular complexity index is 260. The molecular formula is C12H24N2O2S2. The molecule has 4 nitrogen and oxygen atoms in total. The molecule has 0 saturated heterocycles. The van der Waals surface area contributed by atoms with Crippen LogP contribution in [0.1, 0.15) is 40.5 Å². The Morgan fingerprint density at radius 2 is 1.83 bits per heavy atom. The lowest BCUT2D eigenvalue weighted by Gasteiger charge is -2.11. The number of carbonyl (C=O) groups is 2. The highest BCUT2D eigenvalue weighted by molar-refractivity contribution is 8.77. The predicted octanol–water partition coefficient (Wildman–Crippen LogP) is 2.20. The summed E-state index contributed by atoms with van der Waals surface area (Å²) < 4.78 is 0. The molecule has 1 atom stereocenters. The fourth-order valence-electron chi connectivity index (χ4n) is 1.23. The van der Waals surface area contributed by atoms with E-state index in [2.05, 4.69) is 17.6 Å². The summed E-state index contributed by atoms with van der Waals surface area (Å²) >= 11 is 0. The van der Waals surface area contributed by atoms with Crippen molar-refractivity contribution in [2.24, 2.45) is 0 Å². The smallest absolute Gasteiger partial charge is 0.230 e. The summed E-state index contributed by atoms with van der Waals surface area (Å²) in [6.45, 7) is 8.58. The van der Waals surface area contributed by atoms with Gasteiger partial charge in [0.15, 0.2) is 0 Å². The lowest BCUT2D eigenvalue weighted by molar-refractivity contribution is -0.121. The summed E-state index contributed by atoms with van der Waals surface area (Å²) in [6, 6.07) is 0.201. The summed E-state index contributed by atoms with van der Waals surface area (Å²) in [6.07, 6.45) is 1.39. The third kappa shape index (κ3) is 10.8. The van der Waals surface area contributed by atoms with E-state index in [0.717, 1.165) is 6.42 Å². The van der Waals surface area contributed by atoms with Gasteiger partial charge in [-0.2, -0.15) is 0 Å². The fourth-order valence-corrected chi connectivity index (χ4v) is 3.46. The van der Waals surface area contributed by atoms with Gasteiger partial charge < -0.3 is 10.6 Å². The maximum atomic E-state index is 11.4. The van der Waals surface area contributed by atoms with E-state index in [4.69, 9.17) is 0 Å². The van der Waals surface area contributed by atoms with Crippen LogP contribution in [0, 0.1) is 0 Å². The molecule has 2 N–H and O–H groups in total. The van der Waals surface area contributed by atoms with Crippen LogP contribution in [0.25, 0.3) is 0 Å². The van der Waals surface area contributed by atoms with Gasteiger partial charge in [-0.25, -0.2) is 0 Å². The summed E-state index contributed by atoms with van der Waals surface area (Å²) in [5.74, 6) is 0.645. The lowest BCUT2D eigenvalue weighted by Crippen LogP contribution is -2.30. The van der Waals surface area contributed by atoms with Gasteiger partial charge in [0.1, 0.15) is 0 Å². The Balaban J connectivity index is 3.56. The van der Waals surface area contributed by atoms with E-state index in [1.165, 1.54) is 0 Å². The molecule has 0 aromatic heterocycles. The average molecular weight is 292 g/mol. The van der Waals surface area contributed by atoms with Crippen molar-refractivity contribution in [1.29, 1.82) is 0 Å². The first-order valence-electron chi connectivity index (χ1n) is 6.30. The molecule has 0 radical (unpaired) electrons. The first kappa shape index (κ1) is 17.6. The summed E-state index contributed by atoms with van der Waals surface area (Å²) in [5, 5.41) is 6.00. The van der Waals surface area contributed by atoms with Crippen molar-refractivity contribution in [2.45, 2.75) is 51.8 Å². The van der Waals surface area contributed by atoms with Gasteiger partial charge in [-0.1, -0.05) is 28.5 Å². The van der Waals surface area contributed by atoms with Crippen LogP contribution < -0.4 is 10.6 Å².